The van der Waals surface area contributed by atoms with E-state index in [1.165, 1.54) is 18.2 Å². The molecule has 8 heteroatoms. The highest BCUT2D eigenvalue weighted by Gasteiger charge is 2.25. The average molecular weight is 481 g/mol. The number of nitrogens with one attached hydrogen (secondary N) is 3. The van der Waals surface area contributed by atoms with E-state index in [0.29, 0.717) is 10.7 Å². The number of carbonyl (C=O) groups is 2. The Balaban J connectivity index is 1.59. The molecule has 176 valence electrons. The summed E-state index contributed by atoms with van der Waals surface area (Å²) in [7, 11) is 0. The minimum atomic E-state index is -0.927. The van der Waals surface area contributed by atoms with E-state index in [4.69, 9.17) is 11.6 Å². The number of rotatable bonds is 7. The predicted molar refractivity (Wildman–Crippen MR) is 133 cm³/mol. The summed E-state index contributed by atoms with van der Waals surface area (Å²) in [5, 5.41) is 9.46. The molecule has 6 nitrogen and oxygen atoms in total. The summed E-state index contributed by atoms with van der Waals surface area (Å²) in [6.45, 7) is 3.26. The smallest absolute Gasteiger partial charge is 0.254 e. The quantitative estimate of drug-likeness (QED) is 0.480. The van der Waals surface area contributed by atoms with Crippen LogP contribution in [0.1, 0.15) is 15.9 Å². The molecule has 3 aromatic rings. The lowest BCUT2D eigenvalue weighted by Gasteiger charge is -2.31. The Kier molecular flexibility index (Phi) is 7.77. The van der Waals surface area contributed by atoms with E-state index in [9.17, 15) is 14.0 Å². The van der Waals surface area contributed by atoms with Crippen molar-refractivity contribution in [2.75, 3.05) is 36.4 Å². The molecular weight excluding hydrogens is 455 g/mol. The third kappa shape index (κ3) is 5.92. The Morgan fingerprint density at radius 1 is 1.00 bits per heavy atom. The molecule has 1 fully saturated rings. The maximum Gasteiger partial charge on any atom is 0.254 e. The van der Waals surface area contributed by atoms with E-state index < -0.39 is 23.7 Å². The van der Waals surface area contributed by atoms with Gasteiger partial charge >= 0.3 is 0 Å². The van der Waals surface area contributed by atoms with Crippen LogP contribution in [0.5, 0.6) is 0 Å². The molecule has 0 radical (unpaired) electrons. The van der Waals surface area contributed by atoms with Crippen LogP contribution in [0.3, 0.4) is 0 Å². The molecule has 0 aromatic heterocycles. The van der Waals surface area contributed by atoms with Crippen LogP contribution in [0.25, 0.3) is 0 Å². The van der Waals surface area contributed by atoms with Crippen LogP contribution in [-0.2, 0) is 11.2 Å². The highest BCUT2D eigenvalue weighted by molar-refractivity contribution is 6.31. The molecule has 1 atom stereocenters. The standard InChI is InChI=1S/C26H26ClFN4O2/c27-19-10-11-24(32-14-12-29-13-15-32)22(17-19)30-26(34)23(16-18-6-2-1-3-7-18)31-25(33)20-8-4-5-9-21(20)28/h1-11,17,23,29H,12-16H2,(H,30,34)(H,31,33). The lowest BCUT2D eigenvalue weighted by Crippen LogP contribution is -2.46. The third-order valence-electron chi connectivity index (χ3n) is 5.70. The van der Waals surface area contributed by atoms with Gasteiger partial charge in [-0.05, 0) is 35.9 Å². The molecular formula is C26H26ClFN4O2. The topological polar surface area (TPSA) is 73.5 Å². The summed E-state index contributed by atoms with van der Waals surface area (Å²) >= 11 is 6.24. The lowest BCUT2D eigenvalue weighted by molar-refractivity contribution is -0.118. The van der Waals surface area contributed by atoms with Crippen LogP contribution < -0.4 is 20.9 Å². The zero-order valence-electron chi connectivity index (χ0n) is 18.6. The van der Waals surface area contributed by atoms with Crippen molar-refractivity contribution < 1.29 is 14.0 Å². The Bertz CT molecular complexity index is 1150. The number of halogens is 2. The van der Waals surface area contributed by atoms with Gasteiger partial charge in [0.25, 0.3) is 5.91 Å². The van der Waals surface area contributed by atoms with Crippen molar-refractivity contribution in [2.45, 2.75) is 12.5 Å². The monoisotopic (exact) mass is 480 g/mol. The van der Waals surface area contributed by atoms with Gasteiger partial charge in [-0.15, -0.1) is 0 Å². The van der Waals surface area contributed by atoms with Crippen LogP contribution in [0, 0.1) is 5.82 Å². The second kappa shape index (κ2) is 11.1. The SMILES string of the molecule is O=C(NC(Cc1ccccc1)C(=O)Nc1cc(Cl)ccc1N1CCNCC1)c1ccccc1F. The molecule has 4 rings (SSSR count). The Morgan fingerprint density at radius 2 is 1.71 bits per heavy atom. The summed E-state index contributed by atoms with van der Waals surface area (Å²) in [6, 6.07) is 19.5. The number of carbonyl (C=O) groups excluding carboxylic acids is 2. The highest BCUT2D eigenvalue weighted by Crippen LogP contribution is 2.30. The molecule has 1 saturated heterocycles. The van der Waals surface area contributed by atoms with Gasteiger partial charge in [0.05, 0.1) is 16.9 Å². The molecule has 0 bridgehead atoms. The van der Waals surface area contributed by atoms with Crippen LogP contribution in [0.15, 0.2) is 72.8 Å². The zero-order valence-corrected chi connectivity index (χ0v) is 19.3. The summed E-state index contributed by atoms with van der Waals surface area (Å²) in [5.74, 6) is -1.70. The minimum absolute atomic E-state index is 0.113. The van der Waals surface area contributed by atoms with Gasteiger partial charge in [-0.25, -0.2) is 4.39 Å². The van der Waals surface area contributed by atoms with Crippen LogP contribution >= 0.6 is 11.6 Å². The Morgan fingerprint density at radius 3 is 2.44 bits per heavy atom. The molecule has 1 unspecified atom stereocenters. The summed E-state index contributed by atoms with van der Waals surface area (Å²) in [5.41, 5.74) is 2.18. The van der Waals surface area contributed by atoms with Crippen LogP contribution in [0.4, 0.5) is 15.8 Å². The Labute approximate surface area is 203 Å². The number of piperazine rings is 1. The van der Waals surface area contributed by atoms with Crippen molar-refractivity contribution in [1.82, 2.24) is 10.6 Å². The molecule has 1 heterocycles. The van der Waals surface area contributed by atoms with Crippen molar-refractivity contribution in [1.29, 1.82) is 0 Å². The summed E-state index contributed by atoms with van der Waals surface area (Å²) in [4.78, 5) is 28.4. The van der Waals surface area contributed by atoms with Crippen molar-refractivity contribution in [3.63, 3.8) is 0 Å². The normalized spacial score (nSPS) is 14.4. The molecule has 1 aliphatic rings. The highest BCUT2D eigenvalue weighted by atomic mass is 35.5. The van der Waals surface area contributed by atoms with E-state index in [1.54, 1.807) is 18.2 Å². The number of benzene rings is 3. The van der Waals surface area contributed by atoms with E-state index in [-0.39, 0.29) is 12.0 Å². The molecule has 0 saturated carbocycles. The van der Waals surface area contributed by atoms with E-state index in [1.807, 2.05) is 36.4 Å². The third-order valence-corrected chi connectivity index (χ3v) is 5.93. The first-order valence-corrected chi connectivity index (χ1v) is 11.5. The van der Waals surface area contributed by atoms with Gasteiger partial charge in [-0.1, -0.05) is 54.1 Å². The first-order chi connectivity index (χ1) is 16.5. The van der Waals surface area contributed by atoms with E-state index >= 15 is 0 Å². The van der Waals surface area contributed by atoms with Gasteiger partial charge in [-0.2, -0.15) is 0 Å². The van der Waals surface area contributed by atoms with Crippen LogP contribution in [0.2, 0.25) is 5.02 Å². The number of amides is 2. The number of nitrogens with zero attached hydrogens (tertiary/aromatic N) is 1. The molecule has 0 aliphatic carbocycles. The van der Waals surface area contributed by atoms with Crippen molar-refractivity contribution >= 4 is 34.8 Å². The first kappa shape index (κ1) is 23.7. The molecule has 3 aromatic carbocycles. The van der Waals surface area contributed by atoms with Gasteiger partial charge in [0.1, 0.15) is 11.9 Å². The molecule has 1 aliphatic heterocycles. The number of hydrogen-bond acceptors (Lipinski definition) is 4. The fourth-order valence-electron chi connectivity index (χ4n) is 3.95. The van der Waals surface area contributed by atoms with Gasteiger partial charge in [0.2, 0.25) is 5.91 Å². The number of hydrogen-bond donors (Lipinski definition) is 3. The van der Waals surface area contributed by atoms with Crippen molar-refractivity contribution in [2.24, 2.45) is 0 Å². The van der Waals surface area contributed by atoms with Gasteiger partial charge in [-0.3, -0.25) is 9.59 Å². The summed E-state index contributed by atoms with van der Waals surface area (Å²) < 4.78 is 14.2. The maximum absolute atomic E-state index is 14.2. The maximum atomic E-state index is 14.2. The van der Waals surface area contributed by atoms with Crippen molar-refractivity contribution in [3.05, 3.63) is 94.8 Å². The largest absolute Gasteiger partial charge is 0.367 e. The predicted octanol–water partition coefficient (Wildman–Crippen LogP) is 3.87. The molecule has 2 amide bonds. The fraction of sp³-hybridized carbons (Fsp3) is 0.231. The first-order valence-electron chi connectivity index (χ1n) is 11.2. The van der Waals surface area contributed by atoms with Gasteiger partial charge < -0.3 is 20.9 Å². The van der Waals surface area contributed by atoms with Gasteiger partial charge in [0, 0.05) is 37.6 Å². The van der Waals surface area contributed by atoms with Gasteiger partial charge in [0.15, 0.2) is 0 Å². The minimum Gasteiger partial charge on any atom is -0.367 e. The molecule has 34 heavy (non-hydrogen) atoms. The molecule has 0 spiro atoms. The number of anilines is 2. The molecule has 3 N–H and O–H groups in total. The van der Waals surface area contributed by atoms with E-state index in [2.05, 4.69) is 20.9 Å². The van der Waals surface area contributed by atoms with Crippen molar-refractivity contribution in [3.8, 4) is 0 Å². The Hall–Kier alpha value is -3.42. The lowest BCUT2D eigenvalue weighted by atomic mass is 10.0. The second-order valence-electron chi connectivity index (χ2n) is 8.08. The average Bonchev–Trinajstić information content (AvgIpc) is 2.85. The zero-order chi connectivity index (χ0) is 23.9. The fourth-order valence-corrected chi connectivity index (χ4v) is 4.12. The van der Waals surface area contributed by atoms with E-state index in [0.717, 1.165) is 37.4 Å². The van der Waals surface area contributed by atoms with Crippen LogP contribution in [-0.4, -0.2) is 44.0 Å². The second-order valence-corrected chi connectivity index (χ2v) is 8.52. The summed E-state index contributed by atoms with van der Waals surface area (Å²) in [6.07, 6.45) is 0.246.